The van der Waals surface area contributed by atoms with Gasteiger partial charge < -0.3 is 5.32 Å². The van der Waals surface area contributed by atoms with Gasteiger partial charge in [-0.15, -0.1) is 0 Å². The van der Waals surface area contributed by atoms with Gasteiger partial charge in [0, 0.05) is 10.5 Å². The standard InChI is InChI=1S/C17H17BrClN/c1-20-17(12-7-8-15(18)16(19)9-12)14-10-13(14)11-5-3-2-4-6-11/h2-9,13-14,17,20H,10H2,1H3. The summed E-state index contributed by atoms with van der Waals surface area (Å²) in [5, 5.41) is 4.23. The van der Waals surface area contributed by atoms with Crippen molar-refractivity contribution in [2.75, 3.05) is 7.05 Å². The lowest BCUT2D eigenvalue weighted by Gasteiger charge is -2.17. The summed E-state index contributed by atoms with van der Waals surface area (Å²) in [6, 6.07) is 17.4. The van der Waals surface area contributed by atoms with Gasteiger partial charge in [0.2, 0.25) is 0 Å². The van der Waals surface area contributed by atoms with Crippen molar-refractivity contribution in [3.05, 3.63) is 69.2 Å². The Hall–Kier alpha value is -0.830. The highest BCUT2D eigenvalue weighted by Gasteiger charge is 2.43. The fourth-order valence-corrected chi connectivity index (χ4v) is 3.44. The van der Waals surface area contributed by atoms with Crippen molar-refractivity contribution in [1.29, 1.82) is 0 Å². The first kappa shape index (κ1) is 14.1. The van der Waals surface area contributed by atoms with Gasteiger partial charge in [-0.2, -0.15) is 0 Å². The number of hydrogen-bond acceptors (Lipinski definition) is 1. The predicted molar refractivity (Wildman–Crippen MR) is 88.2 cm³/mol. The van der Waals surface area contributed by atoms with Crippen molar-refractivity contribution in [3.8, 4) is 0 Å². The van der Waals surface area contributed by atoms with Crippen molar-refractivity contribution in [3.63, 3.8) is 0 Å². The summed E-state index contributed by atoms with van der Waals surface area (Å²) in [5.41, 5.74) is 2.71. The molecule has 2 aromatic rings. The summed E-state index contributed by atoms with van der Waals surface area (Å²) in [6.07, 6.45) is 1.24. The smallest absolute Gasteiger partial charge is 0.0551 e. The molecule has 0 aliphatic heterocycles. The van der Waals surface area contributed by atoms with Crippen molar-refractivity contribution in [2.24, 2.45) is 5.92 Å². The van der Waals surface area contributed by atoms with E-state index in [0.717, 1.165) is 9.50 Å². The van der Waals surface area contributed by atoms with Crippen LogP contribution in [0.15, 0.2) is 53.0 Å². The number of rotatable bonds is 4. The van der Waals surface area contributed by atoms with Crippen molar-refractivity contribution < 1.29 is 0 Å². The molecule has 3 atom stereocenters. The normalized spacial score (nSPS) is 22.6. The van der Waals surface area contributed by atoms with Crippen LogP contribution in [-0.2, 0) is 0 Å². The maximum absolute atomic E-state index is 6.22. The lowest BCUT2D eigenvalue weighted by molar-refractivity contribution is 0.518. The molecule has 1 aliphatic rings. The first-order chi connectivity index (χ1) is 9.70. The number of hydrogen-bond donors (Lipinski definition) is 1. The van der Waals surface area contributed by atoms with Crippen molar-refractivity contribution >= 4 is 27.5 Å². The zero-order valence-corrected chi connectivity index (χ0v) is 13.7. The molecule has 3 unspecified atom stereocenters. The summed E-state index contributed by atoms with van der Waals surface area (Å²) in [5.74, 6) is 1.32. The molecule has 20 heavy (non-hydrogen) atoms. The average molecular weight is 351 g/mol. The molecule has 1 N–H and O–H groups in total. The monoisotopic (exact) mass is 349 g/mol. The van der Waals surface area contributed by atoms with Crippen LogP contribution in [0.2, 0.25) is 5.02 Å². The van der Waals surface area contributed by atoms with E-state index in [1.165, 1.54) is 17.5 Å². The lowest BCUT2D eigenvalue weighted by Crippen LogP contribution is -2.19. The second kappa shape index (κ2) is 5.88. The van der Waals surface area contributed by atoms with E-state index < -0.39 is 0 Å². The first-order valence-corrected chi connectivity index (χ1v) is 8.05. The molecule has 1 nitrogen and oxygen atoms in total. The Kier molecular flexibility index (Phi) is 4.16. The third-order valence-corrected chi connectivity index (χ3v) is 5.34. The molecule has 1 aliphatic carbocycles. The van der Waals surface area contributed by atoms with Crippen LogP contribution in [0.5, 0.6) is 0 Å². The Balaban J connectivity index is 1.80. The maximum Gasteiger partial charge on any atom is 0.0551 e. The summed E-state index contributed by atoms with van der Waals surface area (Å²) in [4.78, 5) is 0. The van der Waals surface area contributed by atoms with Crippen LogP contribution in [0.1, 0.15) is 29.5 Å². The highest BCUT2D eigenvalue weighted by Crippen LogP contribution is 2.54. The second-order valence-corrected chi connectivity index (χ2v) is 6.62. The fourth-order valence-electron chi connectivity index (χ4n) is 3.00. The van der Waals surface area contributed by atoms with Crippen LogP contribution >= 0.6 is 27.5 Å². The molecule has 0 spiro atoms. The van der Waals surface area contributed by atoms with Crippen LogP contribution in [0.3, 0.4) is 0 Å². The molecule has 0 saturated heterocycles. The third kappa shape index (κ3) is 2.78. The number of nitrogens with one attached hydrogen (secondary N) is 1. The molecular formula is C17H17BrClN. The molecule has 3 rings (SSSR count). The third-order valence-electron chi connectivity index (χ3n) is 4.11. The van der Waals surface area contributed by atoms with Gasteiger partial charge in [-0.3, -0.25) is 0 Å². The largest absolute Gasteiger partial charge is 0.313 e. The van der Waals surface area contributed by atoms with Gasteiger partial charge in [-0.25, -0.2) is 0 Å². The maximum atomic E-state index is 6.22. The van der Waals surface area contributed by atoms with E-state index in [9.17, 15) is 0 Å². The van der Waals surface area contributed by atoms with E-state index in [-0.39, 0.29) is 0 Å². The van der Waals surface area contributed by atoms with Crippen LogP contribution in [0, 0.1) is 5.92 Å². The molecule has 1 fully saturated rings. The van der Waals surface area contributed by atoms with Crippen LogP contribution in [0.25, 0.3) is 0 Å². The SMILES string of the molecule is CNC(c1ccc(Br)c(Cl)c1)C1CC1c1ccccc1. The number of halogens is 2. The van der Waals surface area contributed by atoms with E-state index in [2.05, 4.69) is 63.7 Å². The molecule has 0 bridgehead atoms. The Labute approximate surface area is 133 Å². The Morgan fingerprint density at radius 3 is 2.60 bits per heavy atom. The highest BCUT2D eigenvalue weighted by molar-refractivity contribution is 9.10. The summed E-state index contributed by atoms with van der Waals surface area (Å²) in [6.45, 7) is 0. The second-order valence-electron chi connectivity index (χ2n) is 5.36. The average Bonchev–Trinajstić information content (AvgIpc) is 3.25. The zero-order chi connectivity index (χ0) is 14.1. The minimum atomic E-state index is 0.366. The molecule has 3 heteroatoms. The van der Waals surface area contributed by atoms with Crippen LogP contribution in [0.4, 0.5) is 0 Å². The van der Waals surface area contributed by atoms with Gasteiger partial charge in [0.25, 0.3) is 0 Å². The molecule has 0 amide bonds. The molecular weight excluding hydrogens is 334 g/mol. The van der Waals surface area contributed by atoms with E-state index in [1.807, 2.05) is 13.1 Å². The Morgan fingerprint density at radius 2 is 1.95 bits per heavy atom. The van der Waals surface area contributed by atoms with Gasteiger partial charge in [0.15, 0.2) is 0 Å². The van der Waals surface area contributed by atoms with Gasteiger partial charge in [0.05, 0.1) is 5.02 Å². The first-order valence-electron chi connectivity index (χ1n) is 6.88. The molecule has 0 aromatic heterocycles. The molecule has 104 valence electrons. The number of benzene rings is 2. The van der Waals surface area contributed by atoms with E-state index in [0.29, 0.717) is 17.9 Å². The molecule has 0 heterocycles. The summed E-state index contributed by atoms with van der Waals surface area (Å²) < 4.78 is 0.952. The topological polar surface area (TPSA) is 12.0 Å². The van der Waals surface area contributed by atoms with Crippen LogP contribution < -0.4 is 5.32 Å². The minimum Gasteiger partial charge on any atom is -0.313 e. The molecule has 0 radical (unpaired) electrons. The Morgan fingerprint density at radius 1 is 1.20 bits per heavy atom. The highest BCUT2D eigenvalue weighted by atomic mass is 79.9. The molecule has 1 saturated carbocycles. The van der Waals surface area contributed by atoms with E-state index in [1.54, 1.807) is 0 Å². The summed E-state index contributed by atoms with van der Waals surface area (Å²) >= 11 is 9.67. The predicted octanol–water partition coefficient (Wildman–Crippen LogP) is 5.17. The van der Waals surface area contributed by atoms with Gasteiger partial charge in [0.1, 0.15) is 0 Å². The summed E-state index contributed by atoms with van der Waals surface area (Å²) in [7, 11) is 2.03. The lowest BCUT2D eigenvalue weighted by atomic mass is 9.99. The van der Waals surface area contributed by atoms with Crippen LogP contribution in [-0.4, -0.2) is 7.05 Å². The fraction of sp³-hybridized carbons (Fsp3) is 0.294. The van der Waals surface area contributed by atoms with Crippen molar-refractivity contribution in [1.82, 2.24) is 5.32 Å². The van der Waals surface area contributed by atoms with E-state index >= 15 is 0 Å². The van der Waals surface area contributed by atoms with E-state index in [4.69, 9.17) is 11.6 Å². The zero-order valence-electron chi connectivity index (χ0n) is 11.3. The quantitative estimate of drug-likeness (QED) is 0.802. The van der Waals surface area contributed by atoms with Crippen molar-refractivity contribution in [2.45, 2.75) is 18.4 Å². The minimum absolute atomic E-state index is 0.366. The van der Waals surface area contributed by atoms with Gasteiger partial charge in [-0.05, 0) is 64.5 Å². The Bertz CT molecular complexity index is 599. The van der Waals surface area contributed by atoms with Gasteiger partial charge >= 0.3 is 0 Å². The molecule has 2 aromatic carbocycles. The van der Waals surface area contributed by atoms with Gasteiger partial charge in [-0.1, -0.05) is 48.0 Å².